The van der Waals surface area contributed by atoms with Crippen molar-refractivity contribution in [3.8, 4) is 0 Å². The van der Waals surface area contributed by atoms with Gasteiger partial charge in [0.25, 0.3) is 0 Å². The van der Waals surface area contributed by atoms with Crippen molar-refractivity contribution in [3.05, 3.63) is 6.92 Å². The van der Waals surface area contributed by atoms with Crippen LogP contribution >= 0.6 is 0 Å². The average molecular weight is 197 g/mol. The number of hydrogen-bond acceptors (Lipinski definition) is 2. The van der Waals surface area contributed by atoms with Crippen LogP contribution < -0.4 is 0 Å². The van der Waals surface area contributed by atoms with Crippen molar-refractivity contribution in [3.63, 3.8) is 0 Å². The molecule has 1 saturated carbocycles. The van der Waals surface area contributed by atoms with E-state index in [1.807, 2.05) is 0 Å². The van der Waals surface area contributed by atoms with Gasteiger partial charge in [-0.2, -0.15) is 0 Å². The summed E-state index contributed by atoms with van der Waals surface area (Å²) in [6.45, 7) is 4.34. The van der Waals surface area contributed by atoms with Crippen molar-refractivity contribution in [2.24, 2.45) is 5.92 Å². The highest BCUT2D eigenvalue weighted by Crippen LogP contribution is 2.24. The van der Waals surface area contributed by atoms with Crippen molar-refractivity contribution in [2.45, 2.75) is 51.4 Å². The molecule has 0 spiro atoms. The molecule has 2 nitrogen and oxygen atoms in total. The lowest BCUT2D eigenvalue weighted by molar-refractivity contribution is -0.149. The molecule has 1 rings (SSSR count). The summed E-state index contributed by atoms with van der Waals surface area (Å²) in [6, 6.07) is 0. The quantitative estimate of drug-likeness (QED) is 0.500. The summed E-state index contributed by atoms with van der Waals surface area (Å²) in [6.07, 6.45) is 8.69. The molecule has 14 heavy (non-hydrogen) atoms. The Labute approximate surface area is 87.0 Å². The Morgan fingerprint density at radius 1 is 1.21 bits per heavy atom. The Kier molecular flexibility index (Phi) is 5.65. The van der Waals surface area contributed by atoms with E-state index in [9.17, 15) is 4.79 Å². The topological polar surface area (TPSA) is 26.3 Å². The molecular weight excluding hydrogens is 176 g/mol. The zero-order valence-electron chi connectivity index (χ0n) is 8.96. The van der Waals surface area contributed by atoms with Crippen LogP contribution in [0.25, 0.3) is 0 Å². The lowest BCUT2D eigenvalue weighted by atomic mass is 9.89. The summed E-state index contributed by atoms with van der Waals surface area (Å²) >= 11 is 0. The predicted molar refractivity (Wildman–Crippen MR) is 56.7 cm³/mol. The second kappa shape index (κ2) is 6.86. The molecule has 0 amide bonds. The van der Waals surface area contributed by atoms with E-state index in [4.69, 9.17) is 4.74 Å². The molecule has 81 valence electrons. The standard InChI is InChI=1S/C12H21O2/c1-2-3-7-10-14-12(13)11-8-5-4-6-9-11/h11H,1-10H2. The van der Waals surface area contributed by atoms with Crippen LogP contribution in [0.4, 0.5) is 0 Å². The third kappa shape index (κ3) is 4.12. The molecule has 0 saturated heterocycles. The number of carbonyl (C=O) groups excluding carboxylic acids is 1. The third-order valence-electron chi connectivity index (χ3n) is 2.83. The lowest BCUT2D eigenvalue weighted by Gasteiger charge is -2.19. The van der Waals surface area contributed by atoms with E-state index in [2.05, 4.69) is 6.92 Å². The molecule has 1 fully saturated rings. The fourth-order valence-corrected chi connectivity index (χ4v) is 1.91. The summed E-state index contributed by atoms with van der Waals surface area (Å²) < 4.78 is 5.22. The first-order valence-corrected chi connectivity index (χ1v) is 5.80. The molecule has 1 radical (unpaired) electrons. The Morgan fingerprint density at radius 3 is 2.57 bits per heavy atom. The highest BCUT2D eigenvalue weighted by molar-refractivity contribution is 5.72. The highest BCUT2D eigenvalue weighted by Gasteiger charge is 2.21. The molecule has 0 aliphatic heterocycles. The first-order chi connectivity index (χ1) is 6.84. The Bertz CT molecular complexity index is 160. The first-order valence-electron chi connectivity index (χ1n) is 5.80. The molecule has 0 atom stereocenters. The summed E-state index contributed by atoms with van der Waals surface area (Å²) in [7, 11) is 0. The lowest BCUT2D eigenvalue weighted by Crippen LogP contribution is -2.20. The van der Waals surface area contributed by atoms with Gasteiger partial charge in [0.1, 0.15) is 0 Å². The van der Waals surface area contributed by atoms with Crippen LogP contribution in [-0.2, 0) is 9.53 Å². The van der Waals surface area contributed by atoms with Crippen molar-refractivity contribution in [2.75, 3.05) is 6.61 Å². The van der Waals surface area contributed by atoms with Crippen LogP contribution in [0.3, 0.4) is 0 Å². The van der Waals surface area contributed by atoms with Gasteiger partial charge < -0.3 is 4.74 Å². The third-order valence-corrected chi connectivity index (χ3v) is 2.83. The normalized spacial score (nSPS) is 18.1. The number of unbranched alkanes of at least 4 members (excludes halogenated alkanes) is 2. The Morgan fingerprint density at radius 2 is 1.93 bits per heavy atom. The second-order valence-electron chi connectivity index (χ2n) is 4.06. The number of hydrogen-bond donors (Lipinski definition) is 0. The molecule has 0 N–H and O–H groups in total. The molecule has 0 aromatic heterocycles. The summed E-state index contributed by atoms with van der Waals surface area (Å²) in [5.74, 6) is 0.234. The maximum Gasteiger partial charge on any atom is 0.308 e. The number of esters is 1. The second-order valence-corrected chi connectivity index (χ2v) is 4.06. The van der Waals surface area contributed by atoms with E-state index in [1.54, 1.807) is 0 Å². The molecule has 1 aliphatic carbocycles. The maximum absolute atomic E-state index is 11.5. The first kappa shape index (κ1) is 11.5. The van der Waals surface area contributed by atoms with Crippen LogP contribution in [0.15, 0.2) is 0 Å². The zero-order valence-corrected chi connectivity index (χ0v) is 8.96. The Balaban J connectivity index is 2.07. The van der Waals surface area contributed by atoms with Crippen molar-refractivity contribution < 1.29 is 9.53 Å². The molecule has 2 heteroatoms. The van der Waals surface area contributed by atoms with Crippen LogP contribution in [0, 0.1) is 12.8 Å². The van der Waals surface area contributed by atoms with Gasteiger partial charge in [0, 0.05) is 0 Å². The van der Waals surface area contributed by atoms with Gasteiger partial charge in [-0.05, 0) is 19.3 Å². The monoisotopic (exact) mass is 197 g/mol. The van der Waals surface area contributed by atoms with E-state index in [1.165, 1.54) is 19.3 Å². The fraction of sp³-hybridized carbons (Fsp3) is 0.833. The van der Waals surface area contributed by atoms with E-state index in [0.717, 1.165) is 32.1 Å². The molecule has 0 heterocycles. The van der Waals surface area contributed by atoms with Gasteiger partial charge in [0.15, 0.2) is 0 Å². The Hall–Kier alpha value is -0.530. The van der Waals surface area contributed by atoms with Gasteiger partial charge in [0.05, 0.1) is 12.5 Å². The summed E-state index contributed by atoms with van der Waals surface area (Å²) in [5.41, 5.74) is 0. The van der Waals surface area contributed by atoms with E-state index < -0.39 is 0 Å². The van der Waals surface area contributed by atoms with Gasteiger partial charge >= 0.3 is 5.97 Å². The summed E-state index contributed by atoms with van der Waals surface area (Å²) in [5, 5.41) is 0. The molecule has 0 aromatic rings. The number of ether oxygens (including phenoxy) is 1. The van der Waals surface area contributed by atoms with Gasteiger partial charge in [-0.3, -0.25) is 4.79 Å². The molecule has 0 bridgehead atoms. The van der Waals surface area contributed by atoms with Gasteiger partial charge in [-0.15, -0.1) is 0 Å². The van der Waals surface area contributed by atoms with Gasteiger partial charge in [0.2, 0.25) is 0 Å². The molecule has 0 aromatic carbocycles. The number of rotatable bonds is 5. The SMILES string of the molecule is [CH2]CCCCOC(=O)C1CCCCC1. The van der Waals surface area contributed by atoms with Crippen molar-refractivity contribution in [1.29, 1.82) is 0 Å². The van der Waals surface area contributed by atoms with E-state index >= 15 is 0 Å². The van der Waals surface area contributed by atoms with Crippen LogP contribution in [0.5, 0.6) is 0 Å². The van der Waals surface area contributed by atoms with Crippen LogP contribution in [0.1, 0.15) is 51.4 Å². The van der Waals surface area contributed by atoms with Crippen molar-refractivity contribution >= 4 is 5.97 Å². The molecular formula is C12H21O2. The minimum absolute atomic E-state index is 0.0359. The smallest absolute Gasteiger partial charge is 0.308 e. The predicted octanol–water partition coefficient (Wildman–Crippen LogP) is 3.11. The number of carbonyl (C=O) groups is 1. The maximum atomic E-state index is 11.5. The minimum Gasteiger partial charge on any atom is -0.465 e. The molecule has 1 aliphatic rings. The van der Waals surface area contributed by atoms with Gasteiger partial charge in [-0.1, -0.05) is 39.0 Å². The summed E-state index contributed by atoms with van der Waals surface area (Å²) in [4.78, 5) is 11.5. The molecule has 0 unspecified atom stereocenters. The van der Waals surface area contributed by atoms with E-state index in [0.29, 0.717) is 6.61 Å². The fourth-order valence-electron chi connectivity index (χ4n) is 1.91. The average Bonchev–Trinajstić information content (AvgIpc) is 2.25. The van der Waals surface area contributed by atoms with E-state index in [-0.39, 0.29) is 11.9 Å². The highest BCUT2D eigenvalue weighted by atomic mass is 16.5. The van der Waals surface area contributed by atoms with Gasteiger partial charge in [-0.25, -0.2) is 0 Å². The zero-order chi connectivity index (χ0) is 10.2. The van der Waals surface area contributed by atoms with Crippen LogP contribution in [0.2, 0.25) is 0 Å². The largest absolute Gasteiger partial charge is 0.465 e. The van der Waals surface area contributed by atoms with Crippen LogP contribution in [-0.4, -0.2) is 12.6 Å². The van der Waals surface area contributed by atoms with Crippen molar-refractivity contribution in [1.82, 2.24) is 0 Å². The minimum atomic E-state index is 0.0359.